The van der Waals surface area contributed by atoms with Crippen molar-refractivity contribution in [3.05, 3.63) is 75.3 Å². The predicted octanol–water partition coefficient (Wildman–Crippen LogP) is 3.65. The summed E-state index contributed by atoms with van der Waals surface area (Å²) >= 11 is 16.7. The fraction of sp³-hybridized carbons (Fsp3) is 0.0556. The number of aryl methyl sites for hydroxylation is 1. The lowest BCUT2D eigenvalue weighted by Crippen LogP contribution is -2.48. The van der Waals surface area contributed by atoms with Crippen molar-refractivity contribution in [2.45, 2.75) is 6.92 Å². The van der Waals surface area contributed by atoms with Crippen LogP contribution in [0.5, 0.6) is 0 Å². The van der Waals surface area contributed by atoms with Crippen LogP contribution in [0.2, 0.25) is 10.0 Å². The Bertz CT molecular complexity index is 867. The van der Waals surface area contributed by atoms with Gasteiger partial charge in [0, 0.05) is 11.1 Å². The standard InChI is InChI=1S/C18H15Cl2N3O2S/c1-11-2-4-12(5-3-11)6-9-16(24)21-18(26)23-22-17(25)14-8-7-13(19)10-15(14)20/h2-10H,1H3,(H,22,25)(H2,21,23,24,26)/b9-6+. The normalized spacial score (nSPS) is 10.4. The second-order valence-corrected chi connectivity index (χ2v) is 6.52. The molecule has 0 spiro atoms. The van der Waals surface area contributed by atoms with E-state index in [9.17, 15) is 9.59 Å². The molecule has 0 heterocycles. The molecule has 3 N–H and O–H groups in total. The molecule has 0 bridgehead atoms. The summed E-state index contributed by atoms with van der Waals surface area (Å²) in [6.07, 6.45) is 3.00. The van der Waals surface area contributed by atoms with Gasteiger partial charge >= 0.3 is 0 Å². The van der Waals surface area contributed by atoms with Gasteiger partial charge in [-0.2, -0.15) is 0 Å². The van der Waals surface area contributed by atoms with Crippen molar-refractivity contribution in [2.75, 3.05) is 0 Å². The molecule has 0 aliphatic carbocycles. The van der Waals surface area contributed by atoms with Gasteiger partial charge < -0.3 is 0 Å². The molecule has 134 valence electrons. The summed E-state index contributed by atoms with van der Waals surface area (Å²) in [5.41, 5.74) is 7.02. The maximum Gasteiger partial charge on any atom is 0.271 e. The zero-order valence-corrected chi connectivity index (χ0v) is 16.0. The van der Waals surface area contributed by atoms with Gasteiger partial charge in [0.1, 0.15) is 0 Å². The van der Waals surface area contributed by atoms with E-state index in [-0.39, 0.29) is 15.7 Å². The minimum absolute atomic E-state index is 0.0537. The number of nitrogens with one attached hydrogen (secondary N) is 3. The lowest BCUT2D eigenvalue weighted by Gasteiger charge is -2.10. The molecule has 0 saturated heterocycles. The minimum Gasteiger partial charge on any atom is -0.298 e. The lowest BCUT2D eigenvalue weighted by molar-refractivity contribution is -0.115. The molecule has 0 unspecified atom stereocenters. The summed E-state index contributed by atoms with van der Waals surface area (Å²) < 4.78 is 0. The number of carbonyl (C=O) groups is 2. The van der Waals surface area contributed by atoms with E-state index in [1.807, 2.05) is 31.2 Å². The van der Waals surface area contributed by atoms with Crippen LogP contribution in [0, 0.1) is 6.92 Å². The molecule has 8 heteroatoms. The molecule has 26 heavy (non-hydrogen) atoms. The Labute approximate surface area is 166 Å². The van der Waals surface area contributed by atoms with Gasteiger partial charge in [-0.05, 0) is 49.0 Å². The molecule has 2 amide bonds. The van der Waals surface area contributed by atoms with E-state index >= 15 is 0 Å². The first kappa shape index (κ1) is 19.9. The van der Waals surface area contributed by atoms with Crippen LogP contribution in [0.25, 0.3) is 6.08 Å². The van der Waals surface area contributed by atoms with Crippen LogP contribution in [-0.2, 0) is 4.79 Å². The SMILES string of the molecule is Cc1ccc(/C=C/C(=O)NC(=S)NNC(=O)c2ccc(Cl)cc2Cl)cc1. The third-order valence-electron chi connectivity index (χ3n) is 3.21. The maximum atomic E-state index is 12.0. The third kappa shape index (κ3) is 6.15. The number of rotatable bonds is 3. The van der Waals surface area contributed by atoms with Gasteiger partial charge in [-0.1, -0.05) is 53.0 Å². The van der Waals surface area contributed by atoms with Crippen LogP contribution >= 0.6 is 35.4 Å². The molecule has 5 nitrogen and oxygen atoms in total. The Morgan fingerprint density at radius 2 is 1.73 bits per heavy atom. The first-order chi connectivity index (χ1) is 12.3. The Kier molecular flexibility index (Phi) is 7.15. The van der Waals surface area contributed by atoms with Crippen molar-refractivity contribution >= 4 is 58.4 Å². The Morgan fingerprint density at radius 3 is 2.38 bits per heavy atom. The first-order valence-electron chi connectivity index (χ1n) is 7.46. The summed E-state index contributed by atoms with van der Waals surface area (Å²) in [6, 6.07) is 12.2. The number of hydrogen-bond donors (Lipinski definition) is 3. The smallest absolute Gasteiger partial charge is 0.271 e. The molecule has 2 aromatic carbocycles. The zero-order chi connectivity index (χ0) is 19.1. The molecule has 0 saturated carbocycles. The van der Waals surface area contributed by atoms with Crippen molar-refractivity contribution < 1.29 is 9.59 Å². The van der Waals surface area contributed by atoms with Crippen LogP contribution in [0.3, 0.4) is 0 Å². The number of carbonyl (C=O) groups excluding carboxylic acids is 2. The molecule has 0 radical (unpaired) electrons. The fourth-order valence-electron chi connectivity index (χ4n) is 1.89. The molecule has 0 fully saturated rings. The van der Waals surface area contributed by atoms with Gasteiger partial charge in [0.15, 0.2) is 5.11 Å². The number of benzene rings is 2. The Hall–Kier alpha value is -2.41. The van der Waals surface area contributed by atoms with E-state index in [1.165, 1.54) is 24.3 Å². The lowest BCUT2D eigenvalue weighted by atomic mass is 10.1. The van der Waals surface area contributed by atoms with E-state index < -0.39 is 11.8 Å². The molecule has 2 rings (SSSR count). The highest BCUT2D eigenvalue weighted by Crippen LogP contribution is 2.20. The average Bonchev–Trinajstić information content (AvgIpc) is 2.59. The zero-order valence-electron chi connectivity index (χ0n) is 13.7. The van der Waals surface area contributed by atoms with Crippen LogP contribution in [-0.4, -0.2) is 16.9 Å². The second kappa shape index (κ2) is 9.33. The summed E-state index contributed by atoms with van der Waals surface area (Å²) in [5, 5.41) is 2.98. The van der Waals surface area contributed by atoms with Gasteiger partial charge in [-0.15, -0.1) is 0 Å². The van der Waals surface area contributed by atoms with Crippen molar-refractivity contribution in [1.82, 2.24) is 16.2 Å². The van der Waals surface area contributed by atoms with Crippen LogP contribution < -0.4 is 16.2 Å². The summed E-state index contributed by atoms with van der Waals surface area (Å²) in [5.74, 6) is -0.944. The van der Waals surface area contributed by atoms with Gasteiger partial charge in [-0.3, -0.25) is 25.8 Å². The number of thiocarbonyl (C=S) groups is 1. The second-order valence-electron chi connectivity index (χ2n) is 5.27. The Morgan fingerprint density at radius 1 is 1.04 bits per heavy atom. The van der Waals surface area contributed by atoms with Crippen LogP contribution in [0.4, 0.5) is 0 Å². The van der Waals surface area contributed by atoms with E-state index in [2.05, 4.69) is 16.2 Å². The largest absolute Gasteiger partial charge is 0.298 e. The summed E-state index contributed by atoms with van der Waals surface area (Å²) in [4.78, 5) is 23.8. The van der Waals surface area contributed by atoms with E-state index in [0.717, 1.165) is 11.1 Å². The monoisotopic (exact) mass is 407 g/mol. The van der Waals surface area contributed by atoms with Crippen molar-refractivity contribution in [3.63, 3.8) is 0 Å². The molecule has 0 aromatic heterocycles. The minimum atomic E-state index is -0.515. The predicted molar refractivity (Wildman–Crippen MR) is 108 cm³/mol. The van der Waals surface area contributed by atoms with E-state index in [0.29, 0.717) is 5.02 Å². The van der Waals surface area contributed by atoms with Crippen molar-refractivity contribution in [1.29, 1.82) is 0 Å². The van der Waals surface area contributed by atoms with Gasteiger partial charge in [-0.25, -0.2) is 0 Å². The Balaban J connectivity index is 1.83. The molecular weight excluding hydrogens is 393 g/mol. The fourth-order valence-corrected chi connectivity index (χ4v) is 2.53. The third-order valence-corrected chi connectivity index (χ3v) is 3.96. The maximum absolute atomic E-state index is 12.0. The van der Waals surface area contributed by atoms with E-state index in [1.54, 1.807) is 6.08 Å². The number of hydrogen-bond acceptors (Lipinski definition) is 3. The highest BCUT2D eigenvalue weighted by Gasteiger charge is 2.11. The molecule has 0 aliphatic rings. The quantitative estimate of drug-likeness (QED) is 0.412. The van der Waals surface area contributed by atoms with Crippen LogP contribution in [0.15, 0.2) is 48.5 Å². The van der Waals surface area contributed by atoms with E-state index in [4.69, 9.17) is 35.4 Å². The highest BCUT2D eigenvalue weighted by atomic mass is 35.5. The van der Waals surface area contributed by atoms with Crippen molar-refractivity contribution in [3.8, 4) is 0 Å². The first-order valence-corrected chi connectivity index (χ1v) is 8.62. The highest BCUT2D eigenvalue weighted by molar-refractivity contribution is 7.80. The topological polar surface area (TPSA) is 70.2 Å². The molecule has 0 aliphatic heterocycles. The van der Waals surface area contributed by atoms with Crippen LogP contribution in [0.1, 0.15) is 21.5 Å². The molecule has 2 aromatic rings. The van der Waals surface area contributed by atoms with Gasteiger partial charge in [0.2, 0.25) is 5.91 Å². The summed E-state index contributed by atoms with van der Waals surface area (Å²) in [7, 11) is 0. The van der Waals surface area contributed by atoms with Crippen molar-refractivity contribution in [2.24, 2.45) is 0 Å². The molecular formula is C18H15Cl2N3O2S. The average molecular weight is 408 g/mol. The van der Waals surface area contributed by atoms with Gasteiger partial charge in [0.05, 0.1) is 10.6 Å². The number of halogens is 2. The summed E-state index contributed by atoms with van der Waals surface area (Å²) in [6.45, 7) is 1.98. The number of amides is 2. The van der Waals surface area contributed by atoms with Gasteiger partial charge in [0.25, 0.3) is 5.91 Å². The number of hydrazine groups is 1. The molecule has 0 atom stereocenters.